The Morgan fingerprint density at radius 3 is 2.47 bits per heavy atom. The number of benzene rings is 1. The average molecular weight is 442 g/mol. The van der Waals surface area contributed by atoms with Crippen molar-refractivity contribution in [1.82, 2.24) is 14.1 Å². The van der Waals surface area contributed by atoms with E-state index in [4.69, 9.17) is 9.47 Å². The van der Waals surface area contributed by atoms with Crippen molar-refractivity contribution in [3.63, 3.8) is 0 Å². The van der Waals surface area contributed by atoms with Crippen molar-refractivity contribution in [3.05, 3.63) is 23.8 Å². The van der Waals surface area contributed by atoms with E-state index >= 15 is 0 Å². The van der Waals surface area contributed by atoms with Crippen LogP contribution < -0.4 is 4.74 Å². The molecule has 1 amide bonds. The number of carbonyl (C=O) groups is 1. The minimum atomic E-state index is -3.60. The Labute approximate surface area is 180 Å². The molecule has 2 rings (SSSR count). The molecule has 0 unspecified atom stereocenters. The number of amides is 1. The van der Waals surface area contributed by atoms with Gasteiger partial charge in [-0.25, -0.2) is 8.42 Å². The second-order valence-corrected chi connectivity index (χ2v) is 9.31. The summed E-state index contributed by atoms with van der Waals surface area (Å²) in [4.78, 5) is 16.5. The van der Waals surface area contributed by atoms with Gasteiger partial charge in [-0.2, -0.15) is 4.31 Å². The standard InChI is InChI=1S/C21H35N3O5S/c1-5-23(6-2)21(25)17-22-10-7-11-24(13-12-22)30(26,27)19-8-9-20(18(3)16-19)29-15-14-28-4/h8-9,16H,5-7,10-15,17H2,1-4H3. The number of methoxy groups -OCH3 is 1. The van der Waals surface area contributed by atoms with Crippen molar-refractivity contribution in [2.45, 2.75) is 32.1 Å². The third-order valence-corrected chi connectivity index (χ3v) is 7.25. The third kappa shape index (κ3) is 6.41. The summed E-state index contributed by atoms with van der Waals surface area (Å²) in [7, 11) is -1.99. The molecule has 0 aliphatic carbocycles. The van der Waals surface area contributed by atoms with Gasteiger partial charge in [0.15, 0.2) is 0 Å². The lowest BCUT2D eigenvalue weighted by molar-refractivity contribution is -0.132. The summed E-state index contributed by atoms with van der Waals surface area (Å²) in [6, 6.07) is 4.95. The predicted octanol–water partition coefficient (Wildman–Crippen LogP) is 1.59. The fourth-order valence-electron chi connectivity index (χ4n) is 3.54. The van der Waals surface area contributed by atoms with E-state index in [0.29, 0.717) is 71.2 Å². The summed E-state index contributed by atoms with van der Waals surface area (Å²) in [6.45, 7) is 10.4. The molecule has 1 saturated heterocycles. The van der Waals surface area contributed by atoms with Crippen LogP contribution in [0.3, 0.4) is 0 Å². The summed E-state index contributed by atoms with van der Waals surface area (Å²) in [6.07, 6.45) is 0.696. The maximum absolute atomic E-state index is 13.2. The monoisotopic (exact) mass is 441 g/mol. The minimum absolute atomic E-state index is 0.0935. The molecule has 0 N–H and O–H groups in total. The van der Waals surface area contributed by atoms with Crippen LogP contribution in [0.4, 0.5) is 0 Å². The highest BCUT2D eigenvalue weighted by molar-refractivity contribution is 7.89. The van der Waals surface area contributed by atoms with Crippen molar-refractivity contribution >= 4 is 15.9 Å². The second kappa shape index (κ2) is 11.6. The Morgan fingerprint density at radius 2 is 1.83 bits per heavy atom. The molecule has 30 heavy (non-hydrogen) atoms. The molecule has 0 radical (unpaired) electrons. The van der Waals surface area contributed by atoms with Gasteiger partial charge in [0.2, 0.25) is 15.9 Å². The van der Waals surface area contributed by atoms with Gasteiger partial charge < -0.3 is 14.4 Å². The number of carbonyl (C=O) groups excluding carboxylic acids is 1. The lowest BCUT2D eigenvalue weighted by Gasteiger charge is -2.25. The van der Waals surface area contributed by atoms with E-state index in [-0.39, 0.29) is 10.8 Å². The Morgan fingerprint density at radius 1 is 1.10 bits per heavy atom. The van der Waals surface area contributed by atoms with Gasteiger partial charge in [0, 0.05) is 39.8 Å². The SMILES string of the molecule is CCN(CC)C(=O)CN1CCCN(S(=O)(=O)c2ccc(OCCOC)c(C)c2)CC1. The first kappa shape index (κ1) is 24.6. The Hall–Kier alpha value is -1.68. The molecule has 1 heterocycles. The van der Waals surface area contributed by atoms with E-state index in [2.05, 4.69) is 0 Å². The predicted molar refractivity (Wildman–Crippen MR) is 116 cm³/mol. The number of rotatable bonds is 10. The van der Waals surface area contributed by atoms with Crippen molar-refractivity contribution < 1.29 is 22.7 Å². The molecule has 1 aliphatic heterocycles. The summed E-state index contributed by atoms with van der Waals surface area (Å²) in [5.74, 6) is 0.749. The maximum atomic E-state index is 13.2. The van der Waals surface area contributed by atoms with Gasteiger partial charge in [0.1, 0.15) is 12.4 Å². The van der Waals surface area contributed by atoms with Gasteiger partial charge in [-0.3, -0.25) is 9.69 Å². The summed E-state index contributed by atoms with van der Waals surface area (Å²) in [5, 5.41) is 0. The van der Waals surface area contributed by atoms with Crippen molar-refractivity contribution in [1.29, 1.82) is 0 Å². The van der Waals surface area contributed by atoms with E-state index in [0.717, 1.165) is 5.56 Å². The smallest absolute Gasteiger partial charge is 0.243 e. The number of aryl methyl sites for hydroxylation is 1. The topological polar surface area (TPSA) is 79.4 Å². The molecule has 0 spiro atoms. The number of sulfonamides is 1. The number of hydrogen-bond acceptors (Lipinski definition) is 6. The normalized spacial score (nSPS) is 16.3. The third-order valence-electron chi connectivity index (χ3n) is 5.35. The Kier molecular flexibility index (Phi) is 9.54. The van der Waals surface area contributed by atoms with Crippen LogP contribution >= 0.6 is 0 Å². The van der Waals surface area contributed by atoms with Gasteiger partial charge in [0.25, 0.3) is 0 Å². The van der Waals surface area contributed by atoms with Gasteiger partial charge >= 0.3 is 0 Å². The fourth-order valence-corrected chi connectivity index (χ4v) is 5.10. The highest BCUT2D eigenvalue weighted by atomic mass is 32.2. The molecule has 1 aromatic carbocycles. The molecule has 0 bridgehead atoms. The first-order valence-corrected chi connectivity index (χ1v) is 12.0. The van der Waals surface area contributed by atoms with Crippen LogP contribution in [0.2, 0.25) is 0 Å². The minimum Gasteiger partial charge on any atom is -0.491 e. The number of nitrogens with zero attached hydrogens (tertiary/aromatic N) is 3. The molecule has 8 nitrogen and oxygen atoms in total. The molecule has 170 valence electrons. The molecule has 1 aromatic rings. The van der Waals surface area contributed by atoms with Crippen LogP contribution in [0.1, 0.15) is 25.8 Å². The molecular formula is C21H35N3O5S. The Bertz CT molecular complexity index is 796. The van der Waals surface area contributed by atoms with Crippen molar-refractivity contribution in [3.8, 4) is 5.75 Å². The van der Waals surface area contributed by atoms with Gasteiger partial charge in [-0.1, -0.05) is 0 Å². The fraction of sp³-hybridized carbons (Fsp3) is 0.667. The zero-order valence-electron chi connectivity index (χ0n) is 18.6. The molecule has 1 aliphatic rings. The zero-order valence-corrected chi connectivity index (χ0v) is 19.4. The van der Waals surface area contributed by atoms with Crippen LogP contribution in [-0.2, 0) is 19.6 Å². The van der Waals surface area contributed by atoms with E-state index in [9.17, 15) is 13.2 Å². The summed E-state index contributed by atoms with van der Waals surface area (Å²) in [5.41, 5.74) is 0.772. The van der Waals surface area contributed by atoms with E-state index in [1.807, 2.05) is 25.7 Å². The highest BCUT2D eigenvalue weighted by Gasteiger charge is 2.28. The van der Waals surface area contributed by atoms with E-state index < -0.39 is 10.0 Å². The lowest BCUT2D eigenvalue weighted by atomic mass is 10.2. The summed E-state index contributed by atoms with van der Waals surface area (Å²) < 4.78 is 38.5. The zero-order chi connectivity index (χ0) is 22.1. The van der Waals surface area contributed by atoms with Crippen LogP contribution in [0.25, 0.3) is 0 Å². The first-order valence-electron chi connectivity index (χ1n) is 10.6. The molecule has 0 aromatic heterocycles. The van der Waals surface area contributed by atoms with Crippen LogP contribution in [-0.4, -0.2) is 94.6 Å². The number of hydrogen-bond donors (Lipinski definition) is 0. The van der Waals surface area contributed by atoms with Crippen molar-refractivity contribution in [2.24, 2.45) is 0 Å². The van der Waals surface area contributed by atoms with Gasteiger partial charge in [-0.15, -0.1) is 0 Å². The van der Waals surface area contributed by atoms with Crippen molar-refractivity contribution in [2.75, 3.05) is 66.1 Å². The van der Waals surface area contributed by atoms with Gasteiger partial charge in [0.05, 0.1) is 18.0 Å². The Balaban J connectivity index is 2.03. The average Bonchev–Trinajstić information content (AvgIpc) is 2.96. The second-order valence-electron chi connectivity index (χ2n) is 7.37. The summed E-state index contributed by atoms with van der Waals surface area (Å²) >= 11 is 0. The highest BCUT2D eigenvalue weighted by Crippen LogP contribution is 2.25. The molecule has 1 fully saturated rings. The van der Waals surface area contributed by atoms with Crippen LogP contribution in [0.5, 0.6) is 5.75 Å². The number of likely N-dealkylation sites (N-methyl/N-ethyl adjacent to an activating group) is 1. The molecule has 0 atom stereocenters. The molecular weight excluding hydrogens is 406 g/mol. The lowest BCUT2D eigenvalue weighted by Crippen LogP contribution is -2.42. The van der Waals surface area contributed by atoms with Gasteiger partial charge in [-0.05, 0) is 57.5 Å². The van der Waals surface area contributed by atoms with E-state index in [1.54, 1.807) is 30.2 Å². The quantitative estimate of drug-likeness (QED) is 0.513. The number of ether oxygens (including phenoxy) is 2. The first-order chi connectivity index (χ1) is 14.3. The maximum Gasteiger partial charge on any atom is 0.243 e. The largest absolute Gasteiger partial charge is 0.491 e. The van der Waals surface area contributed by atoms with E-state index in [1.165, 1.54) is 4.31 Å². The van der Waals surface area contributed by atoms with Crippen LogP contribution in [0.15, 0.2) is 23.1 Å². The molecule has 0 saturated carbocycles. The molecule has 9 heteroatoms. The van der Waals surface area contributed by atoms with Crippen LogP contribution in [0, 0.1) is 6.92 Å².